The number of carbonyl (C=O) groups is 1. The number of aliphatic carboxylic acids is 1. The third-order valence-corrected chi connectivity index (χ3v) is 5.39. The molecule has 0 bridgehead atoms. The smallest absolute Gasteiger partial charge is 0.303 e. The average molecular weight is 322 g/mol. The Morgan fingerprint density at radius 2 is 2.20 bits per heavy atom. The monoisotopic (exact) mass is 321 g/mol. The number of benzene rings is 1. The molecule has 0 radical (unpaired) electrons. The van der Waals surface area contributed by atoms with Crippen LogP contribution in [0.3, 0.4) is 0 Å². The second-order valence-electron chi connectivity index (χ2n) is 4.69. The van der Waals surface area contributed by atoms with Crippen molar-refractivity contribution in [3.8, 4) is 0 Å². The minimum atomic E-state index is -3.76. The quantitative estimate of drug-likeness (QED) is 0.920. The van der Waals surface area contributed by atoms with Crippen LogP contribution in [0.1, 0.15) is 12.8 Å². The van der Waals surface area contributed by atoms with Crippen molar-refractivity contribution in [2.24, 2.45) is 5.92 Å². The molecule has 1 saturated heterocycles. The molecule has 0 spiro atoms. The number of hydrogen-bond acceptors (Lipinski definition) is 3. The van der Waals surface area contributed by atoms with Gasteiger partial charge in [-0.25, -0.2) is 12.8 Å². The molecule has 1 fully saturated rings. The lowest BCUT2D eigenvalue weighted by atomic mass is 10.1. The van der Waals surface area contributed by atoms with E-state index in [1.54, 1.807) is 0 Å². The maximum Gasteiger partial charge on any atom is 0.303 e. The van der Waals surface area contributed by atoms with E-state index < -0.39 is 21.8 Å². The summed E-state index contributed by atoms with van der Waals surface area (Å²) in [5.41, 5.74) is 0. The van der Waals surface area contributed by atoms with E-state index >= 15 is 0 Å². The molecule has 8 heteroatoms. The van der Waals surface area contributed by atoms with E-state index in [2.05, 4.69) is 0 Å². The Morgan fingerprint density at radius 3 is 2.80 bits per heavy atom. The van der Waals surface area contributed by atoms with Gasteiger partial charge in [-0.15, -0.1) is 0 Å². The lowest BCUT2D eigenvalue weighted by Gasteiger charge is -2.16. The topological polar surface area (TPSA) is 74.7 Å². The second kappa shape index (κ2) is 5.67. The van der Waals surface area contributed by atoms with Gasteiger partial charge < -0.3 is 5.11 Å². The summed E-state index contributed by atoms with van der Waals surface area (Å²) >= 11 is 5.59. The number of rotatable bonds is 4. The van der Waals surface area contributed by atoms with Crippen molar-refractivity contribution < 1.29 is 22.7 Å². The fraction of sp³-hybridized carbons (Fsp3) is 0.417. The summed E-state index contributed by atoms with van der Waals surface area (Å²) in [5.74, 6) is -1.83. The zero-order valence-electron chi connectivity index (χ0n) is 10.4. The fourth-order valence-electron chi connectivity index (χ4n) is 2.22. The third-order valence-electron chi connectivity index (χ3n) is 3.24. The summed E-state index contributed by atoms with van der Waals surface area (Å²) in [7, 11) is -3.76. The first-order valence-corrected chi connectivity index (χ1v) is 7.79. The predicted octanol–water partition coefficient (Wildman–Crippen LogP) is 1.96. The lowest BCUT2D eigenvalue weighted by Crippen LogP contribution is -2.29. The van der Waals surface area contributed by atoms with Crippen LogP contribution < -0.4 is 0 Å². The first-order chi connectivity index (χ1) is 9.30. The highest BCUT2D eigenvalue weighted by Crippen LogP contribution is 2.28. The average Bonchev–Trinajstić information content (AvgIpc) is 2.80. The van der Waals surface area contributed by atoms with Crippen LogP contribution in [0.25, 0.3) is 0 Å². The molecular formula is C12H13ClFNO4S. The van der Waals surface area contributed by atoms with Crippen molar-refractivity contribution in [3.05, 3.63) is 29.0 Å². The van der Waals surface area contributed by atoms with Crippen LogP contribution in [0.2, 0.25) is 5.02 Å². The van der Waals surface area contributed by atoms with E-state index in [9.17, 15) is 17.6 Å². The van der Waals surface area contributed by atoms with Crippen LogP contribution in [0.15, 0.2) is 23.1 Å². The maximum atomic E-state index is 13.1. The first-order valence-electron chi connectivity index (χ1n) is 5.97. The van der Waals surface area contributed by atoms with Crippen molar-refractivity contribution in [3.63, 3.8) is 0 Å². The molecule has 1 aliphatic heterocycles. The highest BCUT2D eigenvalue weighted by molar-refractivity contribution is 7.89. The Hall–Kier alpha value is -1.18. The molecule has 1 aliphatic rings. The summed E-state index contributed by atoms with van der Waals surface area (Å²) < 4.78 is 38.9. The van der Waals surface area contributed by atoms with Crippen LogP contribution in [0.5, 0.6) is 0 Å². The number of hydrogen-bond donors (Lipinski definition) is 1. The van der Waals surface area contributed by atoms with Crippen LogP contribution >= 0.6 is 11.6 Å². The zero-order chi connectivity index (χ0) is 14.9. The van der Waals surface area contributed by atoms with Gasteiger partial charge in [0.15, 0.2) is 0 Å². The normalized spacial score (nSPS) is 20.2. The predicted molar refractivity (Wildman–Crippen MR) is 70.5 cm³/mol. The van der Waals surface area contributed by atoms with Crippen molar-refractivity contribution in [2.75, 3.05) is 13.1 Å². The van der Waals surface area contributed by atoms with Crippen molar-refractivity contribution >= 4 is 27.6 Å². The lowest BCUT2D eigenvalue weighted by molar-refractivity contribution is -0.137. The van der Waals surface area contributed by atoms with Gasteiger partial charge in [0.05, 0.1) is 9.92 Å². The number of halogens is 2. The molecule has 2 rings (SSSR count). The Bertz CT molecular complexity index is 634. The molecule has 0 aromatic heterocycles. The van der Waals surface area contributed by atoms with E-state index in [0.29, 0.717) is 6.42 Å². The van der Waals surface area contributed by atoms with E-state index in [0.717, 1.165) is 18.2 Å². The summed E-state index contributed by atoms with van der Waals surface area (Å²) in [6.07, 6.45) is 0.441. The summed E-state index contributed by atoms with van der Waals surface area (Å²) in [5, 5.41) is 8.46. The van der Waals surface area contributed by atoms with Gasteiger partial charge in [0, 0.05) is 19.5 Å². The highest BCUT2D eigenvalue weighted by atomic mass is 35.5. The van der Waals surface area contributed by atoms with Crippen LogP contribution in [0.4, 0.5) is 4.39 Å². The molecule has 1 aromatic carbocycles. The summed E-state index contributed by atoms with van der Waals surface area (Å²) in [6.45, 7) is 0.416. The fourth-order valence-corrected chi connectivity index (χ4v) is 4.02. The standard InChI is InChI=1S/C12H13ClFNO4S/c13-10-6-9(1-2-11(10)14)20(18,19)15-4-3-8(7-15)5-12(16)17/h1-2,6,8H,3-5,7H2,(H,16,17). The van der Waals surface area contributed by atoms with Gasteiger partial charge in [0.25, 0.3) is 0 Å². The van der Waals surface area contributed by atoms with Gasteiger partial charge in [-0.1, -0.05) is 11.6 Å². The Kier molecular flexibility index (Phi) is 4.31. The molecule has 1 atom stereocenters. The van der Waals surface area contributed by atoms with Crippen molar-refractivity contribution in [2.45, 2.75) is 17.7 Å². The molecule has 1 heterocycles. The van der Waals surface area contributed by atoms with Crippen LogP contribution in [-0.4, -0.2) is 36.9 Å². The van der Waals surface area contributed by atoms with Gasteiger partial charge in [0.1, 0.15) is 5.82 Å². The second-order valence-corrected chi connectivity index (χ2v) is 7.04. The number of nitrogens with zero attached hydrogens (tertiary/aromatic N) is 1. The Morgan fingerprint density at radius 1 is 1.50 bits per heavy atom. The van der Waals surface area contributed by atoms with E-state index in [4.69, 9.17) is 16.7 Å². The molecule has 1 unspecified atom stereocenters. The molecular weight excluding hydrogens is 309 g/mol. The molecule has 110 valence electrons. The third kappa shape index (κ3) is 3.11. The van der Waals surface area contributed by atoms with Gasteiger partial charge in [-0.05, 0) is 30.5 Å². The number of carboxylic acid groups (broad SMARTS) is 1. The summed E-state index contributed by atoms with van der Waals surface area (Å²) in [6, 6.07) is 3.22. The molecule has 20 heavy (non-hydrogen) atoms. The molecule has 5 nitrogen and oxygen atoms in total. The molecule has 1 aromatic rings. The van der Waals surface area contributed by atoms with Gasteiger partial charge >= 0.3 is 5.97 Å². The molecule has 0 saturated carbocycles. The maximum absolute atomic E-state index is 13.1. The Balaban J connectivity index is 2.19. The van der Waals surface area contributed by atoms with E-state index in [-0.39, 0.29) is 35.3 Å². The van der Waals surface area contributed by atoms with E-state index in [1.807, 2.05) is 0 Å². The molecule has 0 aliphatic carbocycles. The van der Waals surface area contributed by atoms with Gasteiger partial charge in [-0.2, -0.15) is 4.31 Å². The minimum Gasteiger partial charge on any atom is -0.481 e. The van der Waals surface area contributed by atoms with Gasteiger partial charge in [-0.3, -0.25) is 4.79 Å². The highest BCUT2D eigenvalue weighted by Gasteiger charge is 2.33. The number of sulfonamides is 1. The Labute approximate surface area is 121 Å². The van der Waals surface area contributed by atoms with E-state index in [1.165, 1.54) is 4.31 Å². The van der Waals surface area contributed by atoms with Crippen LogP contribution in [-0.2, 0) is 14.8 Å². The number of carboxylic acids is 1. The SMILES string of the molecule is O=C(O)CC1CCN(S(=O)(=O)c2ccc(F)c(Cl)c2)C1. The minimum absolute atomic E-state index is 0.0593. The van der Waals surface area contributed by atoms with Crippen molar-refractivity contribution in [1.82, 2.24) is 4.31 Å². The largest absolute Gasteiger partial charge is 0.481 e. The van der Waals surface area contributed by atoms with Crippen molar-refractivity contribution in [1.29, 1.82) is 0 Å². The zero-order valence-corrected chi connectivity index (χ0v) is 12.0. The van der Waals surface area contributed by atoms with Gasteiger partial charge in [0.2, 0.25) is 10.0 Å². The first kappa shape index (κ1) is 15.2. The summed E-state index contributed by atoms with van der Waals surface area (Å²) in [4.78, 5) is 10.6. The molecule has 0 amide bonds. The van der Waals surface area contributed by atoms with Crippen LogP contribution in [0, 0.1) is 11.7 Å². The molecule has 1 N–H and O–H groups in total.